The molecule has 2 amide bonds. The van der Waals surface area contributed by atoms with E-state index in [4.69, 9.17) is 47.4 Å². The van der Waals surface area contributed by atoms with E-state index in [1.54, 1.807) is 70.7 Å². The van der Waals surface area contributed by atoms with Crippen molar-refractivity contribution >= 4 is 35.3 Å². The molecule has 6 atom stereocenters. The summed E-state index contributed by atoms with van der Waals surface area (Å²) in [5, 5.41) is 0. The number of methoxy groups -OCH3 is 6. The second-order valence-electron chi connectivity index (χ2n) is 25.0. The summed E-state index contributed by atoms with van der Waals surface area (Å²) in [6.45, 7) is 20.0. The van der Waals surface area contributed by atoms with Crippen LogP contribution in [-0.4, -0.2) is 126 Å². The minimum absolute atomic E-state index is 0. The number of likely N-dealkylation sites (tertiary alicyclic amines) is 2. The molecule has 0 spiro atoms. The van der Waals surface area contributed by atoms with Crippen molar-refractivity contribution in [2.24, 2.45) is 0 Å². The molecule has 18 nitrogen and oxygen atoms in total. The van der Waals surface area contributed by atoms with Gasteiger partial charge in [-0.15, -0.1) is 12.8 Å². The zero-order valence-corrected chi connectivity index (χ0v) is 62.8. The summed E-state index contributed by atoms with van der Waals surface area (Å²) in [7, 11) is 9.52. The molecule has 2 aliphatic rings. The number of carbonyl (C=O) groups excluding carboxylic acids is 6. The van der Waals surface area contributed by atoms with Crippen molar-refractivity contribution < 1.29 is 97.2 Å². The van der Waals surface area contributed by atoms with E-state index in [2.05, 4.69) is 45.9 Å². The van der Waals surface area contributed by atoms with E-state index in [9.17, 15) is 28.8 Å². The Morgan fingerprint density at radius 3 is 1.27 bits per heavy atom. The van der Waals surface area contributed by atoms with Crippen molar-refractivity contribution in [3.63, 3.8) is 0 Å². The van der Waals surface area contributed by atoms with Crippen LogP contribution in [-0.2, 0) is 72.1 Å². The number of hydrogen-bond donors (Lipinski definition) is 0. The summed E-state index contributed by atoms with van der Waals surface area (Å²) in [4.78, 5) is 83.9. The third kappa shape index (κ3) is 21.3. The number of ether oxygens (including phenoxy) is 10. The molecule has 2 fully saturated rings. The fourth-order valence-corrected chi connectivity index (χ4v) is 12.8. The Kier molecular flexibility index (Phi) is 31.7. The fraction of sp³-hybridized carbons (Fsp3) is 0.450. The first-order valence-electron chi connectivity index (χ1n) is 34.1. The van der Waals surface area contributed by atoms with Crippen molar-refractivity contribution in [2.45, 2.75) is 168 Å². The van der Waals surface area contributed by atoms with Crippen LogP contribution in [0.4, 0.5) is 0 Å². The van der Waals surface area contributed by atoms with Crippen LogP contribution in [0.1, 0.15) is 171 Å². The number of nitrogens with zero attached hydrogens (tertiary/aromatic N) is 2. The third-order valence-electron chi connectivity index (χ3n) is 18.5. The smallest absolute Gasteiger partial charge is 0.493 e. The molecule has 19 heteroatoms. The molecule has 99 heavy (non-hydrogen) atoms. The van der Waals surface area contributed by atoms with E-state index >= 15 is 0 Å². The molecular formula is C80H100N2O16W. The summed E-state index contributed by atoms with van der Waals surface area (Å²) >= 11 is 0. The monoisotopic (exact) mass is 1530 g/mol. The van der Waals surface area contributed by atoms with Gasteiger partial charge in [-0.1, -0.05) is 74.5 Å². The first-order chi connectivity index (χ1) is 47.3. The molecule has 0 bridgehead atoms. The molecule has 0 aromatic heterocycles. The number of esters is 2. The van der Waals surface area contributed by atoms with Gasteiger partial charge in [0.2, 0.25) is 11.8 Å². The first-order valence-corrected chi connectivity index (χ1v) is 34.1. The average Bonchev–Trinajstić information content (AvgIpc) is 0.816. The molecule has 2 unspecified atom stereocenters. The minimum Gasteiger partial charge on any atom is -0.493 e. The molecule has 0 aliphatic carbocycles. The van der Waals surface area contributed by atoms with Crippen LogP contribution in [0.5, 0.6) is 46.0 Å². The normalized spacial score (nSPS) is 15.4. The molecule has 2 heterocycles. The minimum atomic E-state index is -0.732. The average molecular weight is 1530 g/mol. The van der Waals surface area contributed by atoms with Crippen LogP contribution in [0.2, 0.25) is 0 Å². The van der Waals surface area contributed by atoms with Crippen molar-refractivity contribution in [1.29, 1.82) is 0 Å². The van der Waals surface area contributed by atoms with Gasteiger partial charge in [0.05, 0.1) is 54.5 Å². The summed E-state index contributed by atoms with van der Waals surface area (Å²) in [6, 6.07) is 32.9. The van der Waals surface area contributed by atoms with E-state index in [-0.39, 0.29) is 70.5 Å². The van der Waals surface area contributed by atoms with Gasteiger partial charge in [0.1, 0.15) is 60.6 Å². The number of piperidine rings is 2. The fourth-order valence-electron chi connectivity index (χ4n) is 12.8. The van der Waals surface area contributed by atoms with Gasteiger partial charge < -0.3 is 71.0 Å². The largest absolute Gasteiger partial charge is 2.00 e. The van der Waals surface area contributed by atoms with Crippen molar-refractivity contribution in [3.8, 4) is 46.0 Å². The molecule has 2 saturated heterocycles. The van der Waals surface area contributed by atoms with E-state index in [0.29, 0.717) is 110 Å². The van der Waals surface area contributed by atoms with E-state index < -0.39 is 48.1 Å². The summed E-state index contributed by atoms with van der Waals surface area (Å²) in [6.07, 6.45) is 6.67. The van der Waals surface area contributed by atoms with Crippen molar-refractivity contribution in [2.75, 3.05) is 69.0 Å². The predicted octanol–water partition coefficient (Wildman–Crippen LogP) is 14.6. The molecular weight excluding hydrogens is 1430 g/mol. The van der Waals surface area contributed by atoms with Crippen LogP contribution in [0.15, 0.2) is 109 Å². The van der Waals surface area contributed by atoms with Crippen LogP contribution in [0.3, 0.4) is 0 Å². The van der Waals surface area contributed by atoms with Gasteiger partial charge in [0, 0.05) is 13.1 Å². The number of Topliss-reactive ketones (excluding diaryl/α,β-unsaturated/α-hetero) is 2. The molecule has 0 radical (unpaired) electrons. The van der Waals surface area contributed by atoms with Gasteiger partial charge in [-0.05, 0) is 209 Å². The Labute approximate surface area is 600 Å². The maximum absolute atomic E-state index is 14.3. The Balaban J connectivity index is 0.000000309. The van der Waals surface area contributed by atoms with Crippen LogP contribution in [0, 0.1) is 41.5 Å². The number of amides is 2. The number of aryl methyl sites for hydroxylation is 6. The van der Waals surface area contributed by atoms with Crippen LogP contribution < -0.4 is 37.9 Å². The number of carbonyl (C=O) groups is 6. The molecule has 6 aromatic rings. The molecule has 8 rings (SSSR count). The number of benzene rings is 6. The molecule has 0 N–H and O–H groups in total. The van der Waals surface area contributed by atoms with Gasteiger partial charge in [-0.3, -0.25) is 19.2 Å². The van der Waals surface area contributed by atoms with E-state index in [1.807, 2.05) is 100 Å². The van der Waals surface area contributed by atoms with Crippen LogP contribution in [0.25, 0.3) is 0 Å². The zero-order chi connectivity index (χ0) is 71.0. The van der Waals surface area contributed by atoms with E-state index in [1.165, 1.54) is 11.1 Å². The molecule has 2 aliphatic heterocycles. The maximum atomic E-state index is 14.3. The van der Waals surface area contributed by atoms with Crippen molar-refractivity contribution in [3.05, 3.63) is 179 Å². The predicted molar refractivity (Wildman–Crippen MR) is 377 cm³/mol. The van der Waals surface area contributed by atoms with E-state index in [0.717, 1.165) is 70.2 Å². The standard InChI is InChI=1S/C40H50NO9.C40H50NO7.W/c1-8-30(42)25-49-31-14-12-13-28(23-31)34(18-16-27-17-19-35(45-4)36(22-27)46-5)50-40(44)33-15-10-11-20-41(33)39(43)32(9-2)29-21-26(3)38(48-7)37(24-29)47-6;1-8-32(42)25-47-33-14-12-13-30(23-33)36(19-18-29-17-16-26(3)27(4)21-29)48-40(44)35-15-10-11-20-41(35)39(43)34(9-2)31-22-28(5)38(46-7)37(24-31)45-6;/h12-14,17,19,21-24,32-34H,1,8-11,15-16,18,20,25H2,2-7H3;12-14,16-17,21-24,34-36H,1,8-11,15,18-20,25H2,2-7H3;/q2*-1;+2/t32-,33?,34+;34-,35?,36+;/m00./s1. The van der Waals surface area contributed by atoms with Crippen molar-refractivity contribution in [1.82, 2.24) is 9.80 Å². The van der Waals surface area contributed by atoms with Gasteiger partial charge in [-0.25, -0.2) is 9.59 Å². The number of hydrogen-bond acceptors (Lipinski definition) is 16. The topological polar surface area (TPSA) is 201 Å². The SMILES string of the molecule is [CH2-]CC(=O)COc1cccc([C@@H](CCc2ccc(C)c(C)c2)OC(=O)C2CCCCN2C(=O)[C@@H](CC)c2cc(C)c(OC)c(OC)c2)c1.[CH2-]CC(=O)COc1cccc([C@@H](CCc2ccc(OC)c(OC)c2)OC(=O)C2CCCCN2C(=O)[C@@H](CC)c2cc(C)c(OC)c(OC)c2)c1.[W+2]. The Bertz CT molecular complexity index is 3680. The van der Waals surface area contributed by atoms with Gasteiger partial charge >= 0.3 is 33.0 Å². The van der Waals surface area contributed by atoms with Gasteiger partial charge in [0.25, 0.3) is 0 Å². The molecule has 0 saturated carbocycles. The summed E-state index contributed by atoms with van der Waals surface area (Å²) in [5.41, 5.74) is 9.43. The Hall–Kier alpha value is -8.37. The Morgan fingerprint density at radius 2 is 0.879 bits per heavy atom. The number of rotatable bonds is 32. The zero-order valence-electron chi connectivity index (χ0n) is 59.8. The second kappa shape index (κ2) is 39.4. The Morgan fingerprint density at radius 1 is 0.455 bits per heavy atom. The quantitative estimate of drug-likeness (QED) is 0.0285. The second-order valence-corrected chi connectivity index (χ2v) is 25.0. The summed E-state index contributed by atoms with van der Waals surface area (Å²) in [5.74, 6) is 2.40. The van der Waals surface area contributed by atoms with Crippen LogP contribution >= 0.6 is 0 Å². The summed E-state index contributed by atoms with van der Waals surface area (Å²) < 4.78 is 57.2. The maximum Gasteiger partial charge on any atom is 2.00 e. The molecule has 532 valence electrons. The number of ketones is 2. The van der Waals surface area contributed by atoms with Gasteiger partial charge in [0.15, 0.2) is 34.5 Å². The molecule has 6 aromatic carbocycles. The third-order valence-corrected chi connectivity index (χ3v) is 18.5. The van der Waals surface area contributed by atoms with Gasteiger partial charge in [-0.2, -0.15) is 0 Å². The first kappa shape index (κ1) is 79.6.